The van der Waals surface area contributed by atoms with Crippen LogP contribution in [0.3, 0.4) is 0 Å². The van der Waals surface area contributed by atoms with Gasteiger partial charge in [0.15, 0.2) is 0 Å². The van der Waals surface area contributed by atoms with Crippen molar-refractivity contribution in [3.8, 4) is 5.75 Å². The van der Waals surface area contributed by atoms with Gasteiger partial charge in [-0.3, -0.25) is 4.79 Å². The van der Waals surface area contributed by atoms with Crippen molar-refractivity contribution in [2.45, 2.75) is 38.8 Å². The van der Waals surface area contributed by atoms with Crippen LogP contribution in [-0.2, 0) is 11.2 Å². The number of amides is 1. The van der Waals surface area contributed by atoms with Crippen molar-refractivity contribution < 1.29 is 18.3 Å². The first-order valence-corrected chi connectivity index (χ1v) is 6.53. The van der Waals surface area contributed by atoms with Crippen LogP contribution >= 0.6 is 0 Å². The molecule has 0 aliphatic heterocycles. The SMILES string of the molecule is CC(N)CCC(=O)NCCc1ccc(OC(F)F)cc1. The maximum atomic E-state index is 12.0. The fourth-order valence-corrected chi connectivity index (χ4v) is 1.63. The quantitative estimate of drug-likeness (QED) is 0.769. The summed E-state index contributed by atoms with van der Waals surface area (Å²) in [6.07, 6.45) is 1.71. The Labute approximate surface area is 117 Å². The molecule has 112 valence electrons. The molecule has 0 heterocycles. The second-order valence-electron chi connectivity index (χ2n) is 4.64. The zero-order chi connectivity index (χ0) is 15.0. The lowest BCUT2D eigenvalue weighted by molar-refractivity contribution is -0.121. The molecule has 0 saturated carbocycles. The van der Waals surface area contributed by atoms with Gasteiger partial charge in [-0.1, -0.05) is 12.1 Å². The van der Waals surface area contributed by atoms with Crippen molar-refractivity contribution >= 4 is 5.91 Å². The molecule has 0 radical (unpaired) electrons. The van der Waals surface area contributed by atoms with Crippen LogP contribution in [-0.4, -0.2) is 25.1 Å². The fourth-order valence-electron chi connectivity index (χ4n) is 1.63. The van der Waals surface area contributed by atoms with Crippen LogP contribution in [0, 0.1) is 0 Å². The van der Waals surface area contributed by atoms with Gasteiger partial charge in [-0.05, 0) is 37.5 Å². The summed E-state index contributed by atoms with van der Waals surface area (Å²) in [7, 11) is 0. The Morgan fingerprint density at radius 2 is 2.00 bits per heavy atom. The van der Waals surface area contributed by atoms with Gasteiger partial charge in [-0.25, -0.2) is 0 Å². The molecule has 1 atom stereocenters. The third-order valence-electron chi connectivity index (χ3n) is 2.71. The Morgan fingerprint density at radius 1 is 1.35 bits per heavy atom. The minimum absolute atomic E-state index is 0.0168. The van der Waals surface area contributed by atoms with Gasteiger partial charge >= 0.3 is 6.61 Å². The maximum absolute atomic E-state index is 12.0. The Hall–Kier alpha value is -1.69. The normalized spacial score (nSPS) is 12.2. The van der Waals surface area contributed by atoms with Crippen LogP contribution in [0.1, 0.15) is 25.3 Å². The molecule has 0 bridgehead atoms. The zero-order valence-corrected chi connectivity index (χ0v) is 11.4. The number of hydrogen-bond acceptors (Lipinski definition) is 3. The molecule has 0 saturated heterocycles. The summed E-state index contributed by atoms with van der Waals surface area (Å²) in [6.45, 7) is -0.451. The Morgan fingerprint density at radius 3 is 2.55 bits per heavy atom. The fraction of sp³-hybridized carbons (Fsp3) is 0.500. The highest BCUT2D eigenvalue weighted by molar-refractivity contribution is 5.75. The van der Waals surface area contributed by atoms with Gasteiger partial charge in [0.2, 0.25) is 5.91 Å². The lowest BCUT2D eigenvalue weighted by atomic mass is 10.1. The second kappa shape index (κ2) is 8.47. The van der Waals surface area contributed by atoms with Gasteiger partial charge in [-0.15, -0.1) is 0 Å². The Kier molecular flexibility index (Phi) is 6.93. The minimum atomic E-state index is -2.81. The first-order valence-electron chi connectivity index (χ1n) is 6.53. The van der Waals surface area contributed by atoms with Gasteiger partial charge in [0, 0.05) is 19.0 Å². The molecule has 1 rings (SSSR count). The van der Waals surface area contributed by atoms with E-state index in [0.29, 0.717) is 25.8 Å². The number of nitrogens with two attached hydrogens (primary N) is 1. The molecule has 0 aliphatic rings. The van der Waals surface area contributed by atoms with Gasteiger partial charge in [0.05, 0.1) is 0 Å². The third-order valence-corrected chi connectivity index (χ3v) is 2.71. The smallest absolute Gasteiger partial charge is 0.387 e. The van der Waals surface area contributed by atoms with E-state index in [1.807, 2.05) is 6.92 Å². The van der Waals surface area contributed by atoms with Gasteiger partial charge in [-0.2, -0.15) is 8.78 Å². The van der Waals surface area contributed by atoms with E-state index >= 15 is 0 Å². The molecular weight excluding hydrogens is 266 g/mol. The van der Waals surface area contributed by atoms with Crippen molar-refractivity contribution in [2.75, 3.05) is 6.54 Å². The summed E-state index contributed by atoms with van der Waals surface area (Å²) in [4.78, 5) is 11.4. The molecule has 0 spiro atoms. The lowest BCUT2D eigenvalue weighted by Crippen LogP contribution is -2.27. The molecule has 1 amide bonds. The van der Waals surface area contributed by atoms with Crippen LogP contribution in [0.2, 0.25) is 0 Å². The number of carbonyl (C=O) groups excluding carboxylic acids is 1. The van der Waals surface area contributed by atoms with Gasteiger partial charge in [0.25, 0.3) is 0 Å². The van der Waals surface area contributed by atoms with Crippen LogP contribution in [0.15, 0.2) is 24.3 Å². The summed E-state index contributed by atoms with van der Waals surface area (Å²) in [5.74, 6) is 0.102. The van der Waals surface area contributed by atoms with Crippen LogP contribution < -0.4 is 15.8 Å². The Balaban J connectivity index is 2.26. The lowest BCUT2D eigenvalue weighted by Gasteiger charge is -2.08. The predicted octanol–water partition coefficient (Wildman–Crippen LogP) is 2.07. The number of halogens is 2. The van der Waals surface area contributed by atoms with Gasteiger partial charge in [0.1, 0.15) is 5.75 Å². The molecule has 0 aromatic heterocycles. The van der Waals surface area contributed by atoms with Gasteiger partial charge < -0.3 is 15.8 Å². The van der Waals surface area contributed by atoms with Crippen molar-refractivity contribution in [1.82, 2.24) is 5.32 Å². The molecule has 0 fully saturated rings. The average Bonchev–Trinajstić information content (AvgIpc) is 2.38. The number of ether oxygens (including phenoxy) is 1. The van der Waals surface area contributed by atoms with Crippen molar-refractivity contribution in [2.24, 2.45) is 5.73 Å². The zero-order valence-electron chi connectivity index (χ0n) is 11.4. The van der Waals surface area contributed by atoms with E-state index in [1.54, 1.807) is 12.1 Å². The van der Waals surface area contributed by atoms with Crippen LogP contribution in [0.4, 0.5) is 8.78 Å². The van der Waals surface area contributed by atoms with E-state index < -0.39 is 6.61 Å². The largest absolute Gasteiger partial charge is 0.435 e. The molecule has 1 unspecified atom stereocenters. The molecule has 6 heteroatoms. The van der Waals surface area contributed by atoms with E-state index in [4.69, 9.17) is 5.73 Å². The van der Waals surface area contributed by atoms with E-state index in [-0.39, 0.29) is 17.7 Å². The van der Waals surface area contributed by atoms with E-state index in [1.165, 1.54) is 12.1 Å². The standard InChI is InChI=1S/C14H20F2N2O2/c1-10(17)2-7-13(19)18-9-8-11-3-5-12(6-4-11)20-14(15)16/h3-6,10,14H,2,7-9,17H2,1H3,(H,18,19). The molecule has 20 heavy (non-hydrogen) atoms. The molecular formula is C14H20F2N2O2. The maximum Gasteiger partial charge on any atom is 0.387 e. The van der Waals surface area contributed by atoms with E-state index in [0.717, 1.165) is 5.56 Å². The van der Waals surface area contributed by atoms with Crippen LogP contribution in [0.5, 0.6) is 5.75 Å². The number of nitrogens with one attached hydrogen (secondary N) is 1. The highest BCUT2D eigenvalue weighted by atomic mass is 19.3. The molecule has 1 aromatic carbocycles. The Bertz CT molecular complexity index is 408. The third kappa shape index (κ3) is 7.04. The summed E-state index contributed by atoms with van der Waals surface area (Å²) in [5, 5.41) is 2.79. The predicted molar refractivity (Wildman–Crippen MR) is 72.7 cm³/mol. The highest BCUT2D eigenvalue weighted by Crippen LogP contribution is 2.14. The first-order chi connectivity index (χ1) is 9.47. The number of hydrogen-bond donors (Lipinski definition) is 2. The van der Waals surface area contributed by atoms with E-state index in [9.17, 15) is 13.6 Å². The van der Waals surface area contributed by atoms with Crippen LogP contribution in [0.25, 0.3) is 0 Å². The van der Waals surface area contributed by atoms with Crippen molar-refractivity contribution in [3.63, 3.8) is 0 Å². The number of alkyl halides is 2. The average molecular weight is 286 g/mol. The van der Waals surface area contributed by atoms with Crippen molar-refractivity contribution in [3.05, 3.63) is 29.8 Å². The molecule has 0 aliphatic carbocycles. The number of benzene rings is 1. The summed E-state index contributed by atoms with van der Waals surface area (Å²) >= 11 is 0. The second-order valence-corrected chi connectivity index (χ2v) is 4.64. The number of carbonyl (C=O) groups is 1. The molecule has 4 nitrogen and oxygen atoms in total. The van der Waals surface area contributed by atoms with E-state index in [2.05, 4.69) is 10.1 Å². The number of rotatable bonds is 8. The monoisotopic (exact) mass is 286 g/mol. The summed E-state index contributed by atoms with van der Waals surface area (Å²) in [6, 6.07) is 6.39. The minimum Gasteiger partial charge on any atom is -0.435 e. The summed E-state index contributed by atoms with van der Waals surface area (Å²) in [5.41, 5.74) is 6.51. The molecule has 1 aromatic rings. The topological polar surface area (TPSA) is 64.4 Å². The highest BCUT2D eigenvalue weighted by Gasteiger charge is 2.05. The van der Waals surface area contributed by atoms with Crippen molar-refractivity contribution in [1.29, 1.82) is 0 Å². The molecule has 3 N–H and O–H groups in total. The summed E-state index contributed by atoms with van der Waals surface area (Å²) < 4.78 is 28.2. The first kappa shape index (κ1) is 16.4.